The van der Waals surface area contributed by atoms with Crippen molar-refractivity contribution in [2.45, 2.75) is 32.2 Å². The highest BCUT2D eigenvalue weighted by Crippen LogP contribution is 2.52. The third-order valence-electron chi connectivity index (χ3n) is 5.05. The summed E-state index contributed by atoms with van der Waals surface area (Å²) in [4.78, 5) is 37.8. The molecule has 0 aromatic heterocycles. The quantitative estimate of drug-likeness (QED) is 0.542. The summed E-state index contributed by atoms with van der Waals surface area (Å²) in [6.45, 7) is 2.45. The van der Waals surface area contributed by atoms with Crippen LogP contribution in [0.4, 0.5) is 0 Å². The molecule has 6 nitrogen and oxygen atoms in total. The lowest BCUT2D eigenvalue weighted by atomic mass is 9.85. The minimum absolute atomic E-state index is 0. The lowest BCUT2D eigenvalue weighted by molar-refractivity contribution is -0.141. The van der Waals surface area contributed by atoms with Crippen LogP contribution in [-0.2, 0) is 14.4 Å². The maximum absolute atomic E-state index is 12.4. The molecular formula is C16H24ClN3O3. The first-order chi connectivity index (χ1) is 10.5. The molecule has 23 heavy (non-hydrogen) atoms. The molecule has 128 valence electrons. The van der Waals surface area contributed by atoms with E-state index in [-0.39, 0.29) is 66.4 Å². The van der Waals surface area contributed by atoms with Crippen molar-refractivity contribution in [1.82, 2.24) is 10.2 Å². The summed E-state index contributed by atoms with van der Waals surface area (Å²) in [5, 5.41) is 2.75. The van der Waals surface area contributed by atoms with Crippen LogP contribution in [0.2, 0.25) is 0 Å². The smallest absolute Gasteiger partial charge is 0.233 e. The van der Waals surface area contributed by atoms with Crippen molar-refractivity contribution in [2.24, 2.45) is 29.4 Å². The van der Waals surface area contributed by atoms with Crippen LogP contribution < -0.4 is 11.1 Å². The van der Waals surface area contributed by atoms with Gasteiger partial charge in [-0.1, -0.05) is 12.2 Å². The van der Waals surface area contributed by atoms with Crippen molar-refractivity contribution in [1.29, 1.82) is 0 Å². The van der Waals surface area contributed by atoms with E-state index < -0.39 is 0 Å². The van der Waals surface area contributed by atoms with E-state index >= 15 is 0 Å². The number of amides is 3. The summed E-state index contributed by atoms with van der Waals surface area (Å²) in [6, 6.07) is -0.00478. The van der Waals surface area contributed by atoms with E-state index in [2.05, 4.69) is 17.5 Å². The van der Waals surface area contributed by atoms with Gasteiger partial charge in [0.05, 0.1) is 11.8 Å². The van der Waals surface area contributed by atoms with Crippen LogP contribution in [-0.4, -0.2) is 41.8 Å². The molecule has 5 unspecified atom stereocenters. The molecule has 2 fully saturated rings. The van der Waals surface area contributed by atoms with Gasteiger partial charge in [-0.25, -0.2) is 0 Å². The largest absolute Gasteiger partial charge is 0.354 e. The number of likely N-dealkylation sites (tertiary alicyclic amines) is 1. The Morgan fingerprint density at radius 3 is 2.39 bits per heavy atom. The Kier molecular flexibility index (Phi) is 5.47. The molecule has 1 aliphatic heterocycles. The monoisotopic (exact) mass is 341 g/mol. The van der Waals surface area contributed by atoms with Crippen molar-refractivity contribution in [2.75, 3.05) is 13.1 Å². The summed E-state index contributed by atoms with van der Waals surface area (Å²) in [5.74, 6) is -0.0477. The predicted octanol–water partition coefficient (Wildman–Crippen LogP) is 0.459. The number of nitrogens with one attached hydrogen (secondary N) is 1. The van der Waals surface area contributed by atoms with E-state index in [1.54, 1.807) is 0 Å². The first-order valence-electron chi connectivity index (χ1n) is 8.05. The summed E-state index contributed by atoms with van der Waals surface area (Å²) in [6.07, 6.45) is 6.10. The number of fused-ring (bicyclic) bond motifs is 5. The van der Waals surface area contributed by atoms with Crippen LogP contribution in [0.15, 0.2) is 12.2 Å². The van der Waals surface area contributed by atoms with E-state index in [9.17, 15) is 14.4 Å². The number of rotatable bonds is 6. The zero-order chi connectivity index (χ0) is 15.9. The maximum atomic E-state index is 12.4. The number of carbonyl (C=O) groups is 3. The van der Waals surface area contributed by atoms with Gasteiger partial charge in [0, 0.05) is 25.6 Å². The molecule has 1 heterocycles. The predicted molar refractivity (Wildman–Crippen MR) is 87.6 cm³/mol. The van der Waals surface area contributed by atoms with E-state index in [0.29, 0.717) is 19.4 Å². The molecule has 0 spiro atoms. The second kappa shape index (κ2) is 7.01. The van der Waals surface area contributed by atoms with Crippen molar-refractivity contribution in [3.8, 4) is 0 Å². The summed E-state index contributed by atoms with van der Waals surface area (Å²) >= 11 is 0. The number of hydrogen-bond acceptors (Lipinski definition) is 4. The van der Waals surface area contributed by atoms with Crippen molar-refractivity contribution >= 4 is 30.1 Å². The Morgan fingerprint density at radius 2 is 1.87 bits per heavy atom. The van der Waals surface area contributed by atoms with Crippen LogP contribution in [0, 0.1) is 23.7 Å². The van der Waals surface area contributed by atoms with E-state index in [0.717, 1.165) is 6.42 Å². The normalized spacial score (nSPS) is 32.0. The Balaban J connectivity index is 0.00000192. The molecule has 7 heteroatoms. The van der Waals surface area contributed by atoms with Gasteiger partial charge in [0.15, 0.2) is 0 Å². The second-order valence-electron chi connectivity index (χ2n) is 6.69. The van der Waals surface area contributed by atoms with Gasteiger partial charge in [0.2, 0.25) is 17.7 Å². The number of nitrogens with two attached hydrogens (primary N) is 1. The molecule has 3 rings (SSSR count). The van der Waals surface area contributed by atoms with Crippen LogP contribution in [0.25, 0.3) is 0 Å². The van der Waals surface area contributed by atoms with Crippen LogP contribution in [0.3, 0.4) is 0 Å². The summed E-state index contributed by atoms with van der Waals surface area (Å²) < 4.78 is 0. The number of allylic oxidation sites excluding steroid dienone is 2. The minimum Gasteiger partial charge on any atom is -0.354 e. The van der Waals surface area contributed by atoms with Gasteiger partial charge >= 0.3 is 0 Å². The third kappa shape index (κ3) is 3.28. The standard InChI is InChI=1S/C16H23N3O3.ClH/c1-9(17)2-5-12(20)18-6-7-19-15(21)13-10-3-4-11(8-10)14(13)16(19)22;/h3-4,9-11,13-14H,2,5-8,17H2,1H3,(H,18,20);1H. The fourth-order valence-corrected chi connectivity index (χ4v) is 3.94. The van der Waals surface area contributed by atoms with Gasteiger partial charge in [0.25, 0.3) is 0 Å². The molecule has 2 bridgehead atoms. The average Bonchev–Trinajstić information content (AvgIpc) is 3.14. The zero-order valence-corrected chi connectivity index (χ0v) is 14.1. The molecule has 3 amide bonds. The van der Waals surface area contributed by atoms with Gasteiger partial charge in [-0.3, -0.25) is 19.3 Å². The van der Waals surface area contributed by atoms with E-state index in [4.69, 9.17) is 5.73 Å². The minimum atomic E-state index is -0.156. The fraction of sp³-hybridized carbons (Fsp3) is 0.688. The lowest BCUT2D eigenvalue weighted by Crippen LogP contribution is -2.39. The topological polar surface area (TPSA) is 92.5 Å². The highest BCUT2D eigenvalue weighted by molar-refractivity contribution is 6.06. The zero-order valence-electron chi connectivity index (χ0n) is 13.2. The molecule has 3 aliphatic rings. The van der Waals surface area contributed by atoms with Gasteiger partial charge in [0.1, 0.15) is 0 Å². The summed E-state index contributed by atoms with van der Waals surface area (Å²) in [5.41, 5.74) is 5.61. The first kappa shape index (κ1) is 17.9. The number of halogens is 1. The Labute approximate surface area is 142 Å². The van der Waals surface area contributed by atoms with E-state index in [1.165, 1.54) is 4.90 Å². The maximum Gasteiger partial charge on any atom is 0.233 e. The van der Waals surface area contributed by atoms with Gasteiger partial charge in [-0.2, -0.15) is 0 Å². The molecular weight excluding hydrogens is 318 g/mol. The third-order valence-corrected chi connectivity index (χ3v) is 5.05. The molecule has 1 saturated heterocycles. The Morgan fingerprint density at radius 1 is 1.30 bits per heavy atom. The highest BCUT2D eigenvalue weighted by Gasteiger charge is 2.58. The highest BCUT2D eigenvalue weighted by atomic mass is 35.5. The van der Waals surface area contributed by atoms with Crippen molar-refractivity contribution in [3.05, 3.63) is 12.2 Å². The Hall–Kier alpha value is -1.40. The first-order valence-corrected chi connectivity index (χ1v) is 8.05. The Bertz CT molecular complexity index is 505. The van der Waals surface area contributed by atoms with Gasteiger partial charge in [-0.15, -0.1) is 12.4 Å². The molecule has 0 radical (unpaired) electrons. The van der Waals surface area contributed by atoms with Crippen LogP contribution in [0.5, 0.6) is 0 Å². The number of carbonyl (C=O) groups excluding carboxylic acids is 3. The number of imide groups is 1. The molecule has 0 aromatic rings. The molecule has 3 N–H and O–H groups in total. The molecule has 0 aromatic carbocycles. The molecule has 5 atom stereocenters. The number of nitrogens with zero attached hydrogens (tertiary/aromatic N) is 1. The number of hydrogen-bond donors (Lipinski definition) is 2. The van der Waals surface area contributed by atoms with Gasteiger partial charge < -0.3 is 11.1 Å². The second-order valence-corrected chi connectivity index (χ2v) is 6.69. The van der Waals surface area contributed by atoms with E-state index in [1.807, 2.05) is 6.92 Å². The van der Waals surface area contributed by atoms with Crippen molar-refractivity contribution in [3.63, 3.8) is 0 Å². The van der Waals surface area contributed by atoms with Crippen molar-refractivity contribution < 1.29 is 14.4 Å². The average molecular weight is 342 g/mol. The van der Waals surface area contributed by atoms with Crippen LogP contribution >= 0.6 is 12.4 Å². The fourth-order valence-electron chi connectivity index (χ4n) is 3.94. The SMILES string of the molecule is CC(N)CCC(=O)NCCN1C(=O)C2C3C=CC(C3)C2C1=O.Cl. The molecule has 1 saturated carbocycles. The van der Waals surface area contributed by atoms with Crippen LogP contribution in [0.1, 0.15) is 26.2 Å². The molecule has 2 aliphatic carbocycles. The van der Waals surface area contributed by atoms with Gasteiger partial charge in [-0.05, 0) is 31.6 Å². The summed E-state index contributed by atoms with van der Waals surface area (Å²) in [7, 11) is 0. The lowest BCUT2D eigenvalue weighted by Gasteiger charge is -2.17.